The van der Waals surface area contributed by atoms with Gasteiger partial charge < -0.3 is 14.4 Å². The van der Waals surface area contributed by atoms with E-state index in [0.717, 1.165) is 43.2 Å². The average Bonchev–Trinajstić information content (AvgIpc) is 2.67. The van der Waals surface area contributed by atoms with Crippen LogP contribution in [0, 0.1) is 6.92 Å². The summed E-state index contributed by atoms with van der Waals surface area (Å²) in [6, 6.07) is 14.4. The lowest BCUT2D eigenvalue weighted by Crippen LogP contribution is -2.44. The molecule has 0 unspecified atom stereocenters. The number of methoxy groups -OCH3 is 2. The summed E-state index contributed by atoms with van der Waals surface area (Å²) in [5.74, 6) is 1.59. The third-order valence-electron chi connectivity index (χ3n) is 4.45. The van der Waals surface area contributed by atoms with E-state index in [1.54, 1.807) is 14.2 Å². The summed E-state index contributed by atoms with van der Waals surface area (Å²) >= 11 is 0. The highest BCUT2D eigenvalue weighted by atomic mass is 16.5. The summed E-state index contributed by atoms with van der Waals surface area (Å²) in [7, 11) is 3.33. The first-order valence-corrected chi connectivity index (χ1v) is 8.52. The quantitative estimate of drug-likeness (QED) is 0.784. The summed E-state index contributed by atoms with van der Waals surface area (Å²) < 4.78 is 10.7. The van der Waals surface area contributed by atoms with Crippen molar-refractivity contribution in [2.45, 2.75) is 6.92 Å². The molecule has 2 aromatic rings. The first-order chi connectivity index (χ1) is 12.2. The van der Waals surface area contributed by atoms with E-state index in [4.69, 9.17) is 9.47 Å². The van der Waals surface area contributed by atoms with Crippen LogP contribution in [0.25, 0.3) is 0 Å². The molecule has 2 aromatic carbocycles. The molecule has 1 fully saturated rings. The Kier molecular flexibility index (Phi) is 5.43. The number of ether oxygens (including phenoxy) is 2. The van der Waals surface area contributed by atoms with Crippen LogP contribution in [0.15, 0.2) is 47.6 Å². The van der Waals surface area contributed by atoms with Crippen LogP contribution in [0.2, 0.25) is 0 Å². The van der Waals surface area contributed by atoms with Gasteiger partial charge in [-0.05, 0) is 37.3 Å². The van der Waals surface area contributed by atoms with E-state index >= 15 is 0 Å². The zero-order chi connectivity index (χ0) is 17.6. The number of anilines is 1. The zero-order valence-electron chi connectivity index (χ0n) is 15.1. The number of piperazine rings is 1. The second-order valence-electron chi connectivity index (χ2n) is 6.13. The van der Waals surface area contributed by atoms with Crippen LogP contribution in [0.1, 0.15) is 11.1 Å². The van der Waals surface area contributed by atoms with Crippen LogP contribution in [-0.2, 0) is 0 Å². The van der Waals surface area contributed by atoms with Gasteiger partial charge >= 0.3 is 0 Å². The third-order valence-corrected chi connectivity index (χ3v) is 4.45. The Hall–Kier alpha value is -2.69. The minimum absolute atomic E-state index is 0.794. The highest BCUT2D eigenvalue weighted by Crippen LogP contribution is 2.23. The lowest BCUT2D eigenvalue weighted by molar-refractivity contribution is 0.272. The molecule has 0 aromatic heterocycles. The van der Waals surface area contributed by atoms with Gasteiger partial charge in [0, 0.05) is 24.3 Å². The molecule has 0 saturated carbocycles. The average molecular weight is 339 g/mol. The molecule has 0 spiro atoms. The summed E-state index contributed by atoms with van der Waals surface area (Å²) in [5, 5.41) is 6.73. The van der Waals surface area contributed by atoms with Gasteiger partial charge in [-0.25, -0.2) is 0 Å². The predicted octanol–water partition coefficient (Wildman–Crippen LogP) is 3.17. The van der Waals surface area contributed by atoms with E-state index in [-0.39, 0.29) is 0 Å². The Bertz CT molecular complexity index is 720. The molecule has 132 valence electrons. The minimum atomic E-state index is 0.794. The number of hydrogen-bond donors (Lipinski definition) is 0. The summed E-state index contributed by atoms with van der Waals surface area (Å²) in [6.45, 7) is 5.85. The Labute approximate surface area is 149 Å². The van der Waals surface area contributed by atoms with Gasteiger partial charge in [-0.15, -0.1) is 0 Å². The minimum Gasteiger partial charge on any atom is -0.497 e. The largest absolute Gasteiger partial charge is 0.497 e. The molecule has 1 saturated heterocycles. The third kappa shape index (κ3) is 4.24. The van der Waals surface area contributed by atoms with E-state index in [0.29, 0.717) is 0 Å². The van der Waals surface area contributed by atoms with Crippen molar-refractivity contribution in [3.8, 4) is 11.5 Å². The fourth-order valence-electron chi connectivity index (χ4n) is 2.91. The monoisotopic (exact) mass is 339 g/mol. The van der Waals surface area contributed by atoms with Crippen molar-refractivity contribution in [2.75, 3.05) is 45.3 Å². The van der Waals surface area contributed by atoms with Crippen LogP contribution in [-0.4, -0.2) is 51.6 Å². The molecular formula is C20H25N3O2. The van der Waals surface area contributed by atoms with Gasteiger partial charge in [0.15, 0.2) is 0 Å². The van der Waals surface area contributed by atoms with Crippen molar-refractivity contribution in [3.63, 3.8) is 0 Å². The van der Waals surface area contributed by atoms with Crippen molar-refractivity contribution in [2.24, 2.45) is 5.10 Å². The lowest BCUT2D eigenvalue weighted by Gasteiger charge is -2.34. The number of hydrazone groups is 1. The van der Waals surface area contributed by atoms with Crippen molar-refractivity contribution in [1.82, 2.24) is 5.01 Å². The van der Waals surface area contributed by atoms with Crippen LogP contribution >= 0.6 is 0 Å². The van der Waals surface area contributed by atoms with E-state index in [1.165, 1.54) is 11.3 Å². The van der Waals surface area contributed by atoms with Crippen molar-refractivity contribution >= 4 is 11.9 Å². The van der Waals surface area contributed by atoms with E-state index < -0.39 is 0 Å². The Balaban J connectivity index is 1.62. The Morgan fingerprint density at radius 3 is 2.28 bits per heavy atom. The summed E-state index contributed by atoms with van der Waals surface area (Å²) in [4.78, 5) is 2.40. The maximum atomic E-state index is 5.40. The van der Waals surface area contributed by atoms with E-state index in [2.05, 4.69) is 46.2 Å². The van der Waals surface area contributed by atoms with E-state index in [1.807, 2.05) is 24.4 Å². The molecule has 3 rings (SSSR count). The number of hydrogen-bond acceptors (Lipinski definition) is 5. The standard InChI is InChI=1S/C20H25N3O2/c1-16-4-6-18(7-5-16)22-10-12-23(13-11-22)21-15-17-14-19(24-2)8-9-20(17)25-3/h4-9,14-15H,10-13H2,1-3H3/b21-15-. The van der Waals surface area contributed by atoms with Gasteiger partial charge in [-0.2, -0.15) is 5.10 Å². The highest BCUT2D eigenvalue weighted by molar-refractivity contribution is 5.84. The Morgan fingerprint density at radius 2 is 1.64 bits per heavy atom. The SMILES string of the molecule is COc1ccc(OC)c(/C=N\N2CCN(c3ccc(C)cc3)CC2)c1. The van der Waals surface area contributed by atoms with Gasteiger partial charge in [0.1, 0.15) is 11.5 Å². The van der Waals surface area contributed by atoms with Crippen LogP contribution in [0.5, 0.6) is 11.5 Å². The highest BCUT2D eigenvalue weighted by Gasteiger charge is 2.15. The molecule has 0 atom stereocenters. The second-order valence-corrected chi connectivity index (χ2v) is 6.13. The molecule has 0 aliphatic carbocycles. The lowest BCUT2D eigenvalue weighted by atomic mass is 10.2. The maximum absolute atomic E-state index is 5.40. The first kappa shape index (κ1) is 17.1. The Morgan fingerprint density at radius 1 is 0.920 bits per heavy atom. The van der Waals surface area contributed by atoms with Gasteiger partial charge in [0.2, 0.25) is 0 Å². The molecular weight excluding hydrogens is 314 g/mol. The summed E-state index contributed by atoms with van der Waals surface area (Å²) in [5.41, 5.74) is 3.49. The smallest absolute Gasteiger partial charge is 0.127 e. The molecule has 0 bridgehead atoms. The second kappa shape index (κ2) is 7.92. The molecule has 1 aliphatic rings. The van der Waals surface area contributed by atoms with Crippen molar-refractivity contribution in [3.05, 3.63) is 53.6 Å². The van der Waals surface area contributed by atoms with Gasteiger partial charge in [-0.3, -0.25) is 5.01 Å². The molecule has 0 N–H and O–H groups in total. The molecule has 5 heteroatoms. The van der Waals surface area contributed by atoms with Crippen LogP contribution < -0.4 is 14.4 Å². The topological polar surface area (TPSA) is 37.3 Å². The zero-order valence-corrected chi connectivity index (χ0v) is 15.1. The van der Waals surface area contributed by atoms with Crippen molar-refractivity contribution in [1.29, 1.82) is 0 Å². The van der Waals surface area contributed by atoms with Gasteiger partial charge in [-0.1, -0.05) is 17.7 Å². The predicted molar refractivity (Wildman–Crippen MR) is 102 cm³/mol. The summed E-state index contributed by atoms with van der Waals surface area (Å²) in [6.07, 6.45) is 1.85. The molecule has 1 heterocycles. The van der Waals surface area contributed by atoms with Crippen molar-refractivity contribution < 1.29 is 9.47 Å². The van der Waals surface area contributed by atoms with Gasteiger partial charge in [0.05, 0.1) is 33.5 Å². The number of aryl methyl sites for hydroxylation is 1. The van der Waals surface area contributed by atoms with Gasteiger partial charge in [0.25, 0.3) is 0 Å². The first-order valence-electron chi connectivity index (χ1n) is 8.52. The fourth-order valence-corrected chi connectivity index (χ4v) is 2.91. The number of nitrogens with zero attached hydrogens (tertiary/aromatic N) is 3. The molecule has 25 heavy (non-hydrogen) atoms. The van der Waals surface area contributed by atoms with Crippen LogP contribution in [0.4, 0.5) is 5.69 Å². The maximum Gasteiger partial charge on any atom is 0.127 e. The number of benzene rings is 2. The molecule has 1 aliphatic heterocycles. The van der Waals surface area contributed by atoms with E-state index in [9.17, 15) is 0 Å². The normalized spacial score (nSPS) is 14.8. The number of rotatable bonds is 5. The van der Waals surface area contributed by atoms with Crippen LogP contribution in [0.3, 0.4) is 0 Å². The molecule has 5 nitrogen and oxygen atoms in total. The molecule has 0 amide bonds. The fraction of sp³-hybridized carbons (Fsp3) is 0.350. The molecule has 0 radical (unpaired) electrons.